The van der Waals surface area contributed by atoms with E-state index < -0.39 is 0 Å². The average molecular weight is 314 g/mol. The number of fused-ring (bicyclic) bond motifs is 1. The quantitative estimate of drug-likeness (QED) is 0.584. The van der Waals surface area contributed by atoms with Crippen LogP contribution < -0.4 is 10.9 Å². The molecule has 0 aliphatic heterocycles. The first kappa shape index (κ1) is 15.6. The lowest BCUT2D eigenvalue weighted by atomic mass is 9.75. The number of nitrogens with one attached hydrogen (secondary N) is 2. The van der Waals surface area contributed by atoms with E-state index in [9.17, 15) is 4.48 Å². The highest BCUT2D eigenvalue weighted by atomic mass is 19.2. The van der Waals surface area contributed by atoms with Gasteiger partial charge in [-0.25, -0.2) is 5.12 Å². The van der Waals surface area contributed by atoms with Crippen molar-refractivity contribution in [3.63, 3.8) is 0 Å². The number of benzene rings is 1. The van der Waals surface area contributed by atoms with Crippen LogP contribution in [-0.4, -0.2) is 17.7 Å². The van der Waals surface area contributed by atoms with Crippen LogP contribution in [0.4, 0.5) is 10.2 Å². The molecular formula is C18H23FN4. The summed E-state index contributed by atoms with van der Waals surface area (Å²) in [4.78, 5) is 3.22. The largest absolute Gasteiger partial charge is 0.402 e. The third-order valence-electron chi connectivity index (χ3n) is 4.64. The smallest absolute Gasteiger partial charge is 0.0824 e. The molecule has 1 aliphatic rings. The molecule has 0 bridgehead atoms. The van der Waals surface area contributed by atoms with E-state index in [0.29, 0.717) is 16.5 Å². The molecule has 23 heavy (non-hydrogen) atoms. The summed E-state index contributed by atoms with van der Waals surface area (Å²) < 4.78 is 13.3. The highest BCUT2D eigenvalue weighted by Crippen LogP contribution is 2.37. The number of aromatic amines is 1. The summed E-state index contributed by atoms with van der Waals surface area (Å²) in [5, 5.41) is 10.0. The van der Waals surface area contributed by atoms with Gasteiger partial charge >= 0.3 is 0 Å². The molecular weight excluding hydrogens is 291 g/mol. The summed E-state index contributed by atoms with van der Waals surface area (Å²) in [6.45, 7) is 4.41. The van der Waals surface area contributed by atoms with E-state index in [0.717, 1.165) is 47.1 Å². The molecule has 0 saturated carbocycles. The first-order valence-electron chi connectivity index (χ1n) is 7.86. The van der Waals surface area contributed by atoms with E-state index in [1.807, 2.05) is 12.1 Å². The summed E-state index contributed by atoms with van der Waals surface area (Å²) in [5.74, 6) is 0. The van der Waals surface area contributed by atoms with Gasteiger partial charge < -0.3 is 10.7 Å². The maximum Gasteiger partial charge on any atom is 0.0824 e. The Kier molecular flexibility index (Phi) is 3.66. The molecule has 4 nitrogen and oxygen atoms in total. The van der Waals surface area contributed by atoms with Gasteiger partial charge in [0.2, 0.25) is 0 Å². The Morgan fingerprint density at radius 3 is 2.74 bits per heavy atom. The SMILES string of the molecule is CN(F)c1ccc2cc(C(=N)C3=C(N)CC(C)(C)CC3)[nH]c2c1. The molecule has 4 N–H and O–H groups in total. The minimum absolute atomic E-state index is 0.203. The van der Waals surface area contributed by atoms with Gasteiger partial charge in [-0.3, -0.25) is 5.41 Å². The zero-order valence-electron chi connectivity index (χ0n) is 13.8. The standard InChI is InChI=1S/C18H23FN4/c1-18(2)7-6-13(14(20)10-18)17(21)16-8-11-4-5-12(23(3)19)9-15(11)22-16/h4-5,8-9,21-22H,6-7,10,20H2,1-3H3. The van der Waals surface area contributed by atoms with Crippen molar-refractivity contribution in [2.45, 2.75) is 33.1 Å². The summed E-state index contributed by atoms with van der Waals surface area (Å²) >= 11 is 0. The van der Waals surface area contributed by atoms with Crippen LogP contribution in [0.25, 0.3) is 10.9 Å². The number of nitrogens with two attached hydrogens (primary N) is 1. The van der Waals surface area contributed by atoms with Crippen molar-refractivity contribution < 1.29 is 4.48 Å². The summed E-state index contributed by atoms with van der Waals surface area (Å²) in [7, 11) is 1.36. The van der Waals surface area contributed by atoms with Gasteiger partial charge in [0.15, 0.2) is 0 Å². The Morgan fingerprint density at radius 2 is 2.09 bits per heavy atom. The van der Waals surface area contributed by atoms with E-state index in [2.05, 4.69) is 18.8 Å². The van der Waals surface area contributed by atoms with E-state index in [1.54, 1.807) is 12.1 Å². The fourth-order valence-electron chi connectivity index (χ4n) is 3.22. The van der Waals surface area contributed by atoms with Crippen LogP contribution >= 0.6 is 0 Å². The lowest BCUT2D eigenvalue weighted by Gasteiger charge is -2.31. The second kappa shape index (κ2) is 5.41. The fourth-order valence-corrected chi connectivity index (χ4v) is 3.22. The molecule has 0 radical (unpaired) electrons. The van der Waals surface area contributed by atoms with Crippen LogP contribution in [0.5, 0.6) is 0 Å². The number of nitrogens with zero attached hydrogens (tertiary/aromatic N) is 1. The van der Waals surface area contributed by atoms with Crippen molar-refractivity contribution in [2.24, 2.45) is 11.1 Å². The maximum atomic E-state index is 13.3. The van der Waals surface area contributed by atoms with E-state index >= 15 is 0 Å². The fraction of sp³-hybridized carbons (Fsp3) is 0.389. The molecule has 0 spiro atoms. The third-order valence-corrected chi connectivity index (χ3v) is 4.64. The second-order valence-corrected chi connectivity index (χ2v) is 7.15. The first-order valence-corrected chi connectivity index (χ1v) is 7.86. The molecule has 1 aromatic carbocycles. The van der Waals surface area contributed by atoms with E-state index in [1.165, 1.54) is 7.05 Å². The normalized spacial score (nSPS) is 17.6. The van der Waals surface area contributed by atoms with Crippen molar-refractivity contribution >= 4 is 22.3 Å². The van der Waals surface area contributed by atoms with Gasteiger partial charge in [-0.2, -0.15) is 0 Å². The van der Waals surface area contributed by atoms with Crippen LogP contribution in [0.1, 0.15) is 38.8 Å². The Bertz CT molecular complexity index is 798. The molecule has 0 atom stereocenters. The van der Waals surface area contributed by atoms with Gasteiger partial charge in [-0.15, -0.1) is 4.48 Å². The molecule has 5 heteroatoms. The van der Waals surface area contributed by atoms with Gasteiger partial charge in [-0.1, -0.05) is 19.9 Å². The Morgan fingerprint density at radius 1 is 1.35 bits per heavy atom. The van der Waals surface area contributed by atoms with Crippen molar-refractivity contribution in [3.8, 4) is 0 Å². The number of hydrogen-bond acceptors (Lipinski definition) is 3. The van der Waals surface area contributed by atoms with Crippen LogP contribution in [0, 0.1) is 10.8 Å². The molecule has 0 amide bonds. The second-order valence-electron chi connectivity index (χ2n) is 7.15. The van der Waals surface area contributed by atoms with Crippen LogP contribution in [-0.2, 0) is 0 Å². The molecule has 3 rings (SSSR count). The topological polar surface area (TPSA) is 68.9 Å². The number of aromatic nitrogens is 1. The third kappa shape index (κ3) is 2.96. The number of halogens is 1. The highest BCUT2D eigenvalue weighted by Gasteiger charge is 2.28. The predicted molar refractivity (Wildman–Crippen MR) is 93.5 cm³/mol. The molecule has 0 saturated heterocycles. The predicted octanol–water partition coefficient (Wildman–Crippen LogP) is 4.28. The van der Waals surface area contributed by atoms with Crippen molar-refractivity contribution in [3.05, 3.63) is 41.2 Å². The number of hydrogen-bond donors (Lipinski definition) is 3. The number of rotatable bonds is 3. The molecule has 0 fully saturated rings. The molecule has 1 aromatic heterocycles. The lowest BCUT2D eigenvalue weighted by Crippen LogP contribution is -2.25. The first-order chi connectivity index (χ1) is 10.8. The van der Waals surface area contributed by atoms with Gasteiger partial charge in [0.1, 0.15) is 0 Å². The Labute approximate surface area is 135 Å². The zero-order valence-corrected chi connectivity index (χ0v) is 13.8. The van der Waals surface area contributed by atoms with E-state index in [4.69, 9.17) is 11.1 Å². The zero-order chi connectivity index (χ0) is 16.8. The summed E-state index contributed by atoms with van der Waals surface area (Å²) in [6.07, 6.45) is 2.68. The van der Waals surface area contributed by atoms with Gasteiger partial charge in [0.05, 0.1) is 17.1 Å². The summed E-state index contributed by atoms with van der Waals surface area (Å²) in [5.41, 5.74) is 10.7. The molecule has 0 unspecified atom stereocenters. The average Bonchev–Trinajstić information content (AvgIpc) is 2.88. The monoisotopic (exact) mass is 314 g/mol. The number of H-pyrrole nitrogens is 1. The maximum absolute atomic E-state index is 13.3. The lowest BCUT2D eigenvalue weighted by molar-refractivity contribution is 0.315. The summed E-state index contributed by atoms with van der Waals surface area (Å²) in [6, 6.07) is 7.25. The van der Waals surface area contributed by atoms with Gasteiger partial charge in [-0.05, 0) is 48.4 Å². The molecule has 1 heterocycles. The molecule has 2 aromatic rings. The minimum Gasteiger partial charge on any atom is -0.402 e. The van der Waals surface area contributed by atoms with Crippen LogP contribution in [0.15, 0.2) is 35.5 Å². The van der Waals surface area contributed by atoms with Crippen molar-refractivity contribution in [2.75, 3.05) is 12.2 Å². The highest BCUT2D eigenvalue weighted by molar-refractivity contribution is 6.12. The van der Waals surface area contributed by atoms with Crippen LogP contribution in [0.2, 0.25) is 0 Å². The molecule has 122 valence electrons. The van der Waals surface area contributed by atoms with Crippen molar-refractivity contribution in [1.82, 2.24) is 4.98 Å². The molecule has 1 aliphatic carbocycles. The van der Waals surface area contributed by atoms with E-state index in [-0.39, 0.29) is 5.41 Å². The van der Waals surface area contributed by atoms with Crippen molar-refractivity contribution in [1.29, 1.82) is 5.41 Å². The van der Waals surface area contributed by atoms with Crippen LogP contribution in [0.3, 0.4) is 0 Å². The van der Waals surface area contributed by atoms with Gasteiger partial charge in [0, 0.05) is 23.6 Å². The number of anilines is 1. The number of allylic oxidation sites excluding steroid dienone is 2. The Hall–Kier alpha value is -2.30. The minimum atomic E-state index is 0.203. The Balaban J connectivity index is 1.95. The van der Waals surface area contributed by atoms with Gasteiger partial charge in [0.25, 0.3) is 0 Å².